The second-order valence-corrected chi connectivity index (χ2v) is 13.9. The van der Waals surface area contributed by atoms with E-state index in [0.29, 0.717) is 0 Å². The lowest BCUT2D eigenvalue weighted by Crippen LogP contribution is -2.58. The molecule has 2 aromatic heterocycles. The predicted octanol–water partition coefficient (Wildman–Crippen LogP) is 3.20. The molecule has 3 aliphatic carbocycles. The number of rotatable bonds is 8. The molecule has 1 aliphatic heterocycles. The van der Waals surface area contributed by atoms with Crippen LogP contribution in [0.15, 0.2) is 24.5 Å². The van der Waals surface area contributed by atoms with Crippen LogP contribution in [0.25, 0.3) is 11.3 Å². The summed E-state index contributed by atoms with van der Waals surface area (Å²) in [4.78, 5) is 12.5. The minimum absolute atomic E-state index is 0.0857. The molecular weight excluding hydrogens is 623 g/mol. The average Bonchev–Trinajstić information content (AvgIpc) is 3.71. The van der Waals surface area contributed by atoms with Crippen molar-refractivity contribution in [1.29, 1.82) is 0 Å². The van der Waals surface area contributed by atoms with Gasteiger partial charge in [0.25, 0.3) is 0 Å². The van der Waals surface area contributed by atoms with Crippen molar-refractivity contribution in [3.8, 4) is 11.3 Å². The van der Waals surface area contributed by atoms with Crippen LogP contribution in [-0.4, -0.2) is 95.6 Å². The topological polar surface area (TPSA) is 159 Å². The number of carbonyl (C=O) groups is 1. The lowest BCUT2D eigenvalue weighted by atomic mass is 9.56. The summed E-state index contributed by atoms with van der Waals surface area (Å²) in [7, 11) is 1.43. The molecule has 47 heavy (non-hydrogen) atoms. The zero-order valence-electron chi connectivity index (χ0n) is 26.7. The number of fused-ring (bicyclic) bond motifs is 3. The fourth-order valence-electron chi connectivity index (χ4n) is 7.27. The van der Waals surface area contributed by atoms with Crippen LogP contribution >= 0.6 is 0 Å². The van der Waals surface area contributed by atoms with Crippen LogP contribution in [0.2, 0.25) is 0 Å². The highest BCUT2D eigenvalue weighted by Crippen LogP contribution is 2.53. The molecule has 16 heteroatoms. The third-order valence-corrected chi connectivity index (χ3v) is 9.82. The molecule has 4 aliphatic rings. The highest BCUT2D eigenvalue weighted by Gasteiger charge is 2.52. The Morgan fingerprint density at radius 2 is 1.74 bits per heavy atom. The number of methoxy groups -OCH3 is 1. The Labute approximate surface area is 269 Å². The summed E-state index contributed by atoms with van der Waals surface area (Å²) in [5.74, 6) is -4.39. The van der Waals surface area contributed by atoms with Crippen molar-refractivity contribution in [1.82, 2.24) is 35.3 Å². The van der Waals surface area contributed by atoms with Gasteiger partial charge in [0.15, 0.2) is 17.5 Å². The molecule has 5 atom stereocenters. The molecule has 0 radical (unpaired) electrons. The van der Waals surface area contributed by atoms with Crippen molar-refractivity contribution in [2.45, 2.75) is 113 Å². The molecule has 3 N–H and O–H groups in total. The fraction of sp³-hybridized carbons (Fsp3) is 0.645. The Bertz CT molecular complexity index is 1590. The van der Waals surface area contributed by atoms with E-state index in [-0.39, 0.29) is 28.8 Å². The van der Waals surface area contributed by atoms with Gasteiger partial charge in [-0.1, -0.05) is 10.4 Å². The van der Waals surface area contributed by atoms with E-state index in [2.05, 4.69) is 25.9 Å². The molecule has 3 saturated carbocycles. The number of halogens is 3. The molecule has 1 aromatic carbocycles. The van der Waals surface area contributed by atoms with Gasteiger partial charge < -0.3 is 29.7 Å². The monoisotopic (exact) mass is 663 g/mol. The van der Waals surface area contributed by atoms with Gasteiger partial charge in [-0.3, -0.25) is 0 Å². The molecule has 3 heterocycles. The fourth-order valence-corrected chi connectivity index (χ4v) is 7.27. The maximum absolute atomic E-state index is 14.5. The number of hydrogen-bond acceptors (Lipinski definition) is 10. The van der Waals surface area contributed by atoms with Crippen LogP contribution in [0, 0.1) is 17.5 Å². The first-order valence-electron chi connectivity index (χ1n) is 15.7. The molecule has 4 fully saturated rings. The van der Waals surface area contributed by atoms with Crippen molar-refractivity contribution >= 4 is 6.09 Å². The lowest BCUT2D eigenvalue weighted by molar-refractivity contribution is -0.216. The van der Waals surface area contributed by atoms with Crippen LogP contribution in [0.1, 0.15) is 71.0 Å². The first kappa shape index (κ1) is 33.3. The number of nitrogens with zero attached hydrogens (tertiary/aromatic N) is 6. The number of alkyl carbamates (subject to hydrolysis) is 1. The molecule has 0 unspecified atom stereocenters. The van der Waals surface area contributed by atoms with Crippen molar-refractivity contribution in [3.05, 3.63) is 47.7 Å². The highest BCUT2D eigenvalue weighted by molar-refractivity contribution is 5.69. The minimum atomic E-state index is -1.64. The molecule has 256 valence electrons. The van der Waals surface area contributed by atoms with Gasteiger partial charge in [0.2, 0.25) is 0 Å². The van der Waals surface area contributed by atoms with Gasteiger partial charge in [0, 0.05) is 29.8 Å². The van der Waals surface area contributed by atoms with Crippen LogP contribution < -0.4 is 5.32 Å². The largest absolute Gasteiger partial charge is 0.444 e. The third-order valence-electron chi connectivity index (χ3n) is 9.82. The smallest absolute Gasteiger partial charge is 0.408 e. The third kappa shape index (κ3) is 6.35. The second kappa shape index (κ2) is 12.5. The van der Waals surface area contributed by atoms with Crippen molar-refractivity contribution in [3.63, 3.8) is 0 Å². The number of aliphatic hydroxyl groups is 2. The summed E-state index contributed by atoms with van der Waals surface area (Å²) in [5.41, 5.74) is -0.598. The zero-order chi connectivity index (χ0) is 33.7. The first-order valence-corrected chi connectivity index (χ1v) is 15.7. The van der Waals surface area contributed by atoms with Gasteiger partial charge in [-0.2, -0.15) is 0 Å². The van der Waals surface area contributed by atoms with Crippen molar-refractivity contribution in [2.24, 2.45) is 0 Å². The van der Waals surface area contributed by atoms with Crippen LogP contribution in [0.4, 0.5) is 18.0 Å². The molecule has 2 bridgehead atoms. The van der Waals surface area contributed by atoms with Crippen molar-refractivity contribution < 1.29 is 42.4 Å². The second-order valence-electron chi connectivity index (χ2n) is 13.9. The van der Waals surface area contributed by atoms with Crippen LogP contribution in [0.5, 0.6) is 0 Å². The summed E-state index contributed by atoms with van der Waals surface area (Å²) < 4.78 is 62.1. The molecule has 7 rings (SSSR count). The van der Waals surface area contributed by atoms with E-state index < -0.39 is 66.2 Å². The number of aromatic nitrogens is 6. The number of benzene rings is 1. The predicted molar refractivity (Wildman–Crippen MR) is 158 cm³/mol. The molecule has 1 saturated heterocycles. The normalized spacial score (nSPS) is 30.8. The van der Waals surface area contributed by atoms with E-state index in [9.17, 15) is 28.2 Å². The zero-order valence-corrected chi connectivity index (χ0v) is 26.7. The van der Waals surface area contributed by atoms with Crippen LogP contribution in [-0.2, 0) is 26.2 Å². The Morgan fingerprint density at radius 3 is 2.38 bits per heavy atom. The first-order chi connectivity index (χ1) is 22.3. The number of nitrogens with one attached hydrogen (secondary N) is 1. The quantitative estimate of drug-likeness (QED) is 0.306. The average molecular weight is 664 g/mol. The Hall–Kier alpha value is -3.60. The van der Waals surface area contributed by atoms with E-state index >= 15 is 0 Å². The molecule has 3 aromatic rings. The number of hydrogen-bond donors (Lipinski definition) is 3. The van der Waals surface area contributed by atoms with E-state index in [1.165, 1.54) is 18.0 Å². The van der Waals surface area contributed by atoms with Gasteiger partial charge in [-0.15, -0.1) is 10.2 Å². The maximum Gasteiger partial charge on any atom is 0.408 e. The number of carbonyl (C=O) groups excluding carboxylic acids is 1. The van der Waals surface area contributed by atoms with E-state index in [4.69, 9.17) is 14.2 Å². The highest BCUT2D eigenvalue weighted by atomic mass is 19.2. The maximum atomic E-state index is 14.5. The molecular formula is C31H40F3N7O6. The summed E-state index contributed by atoms with van der Waals surface area (Å²) in [5, 5.41) is 41.2. The standard InChI is InChI=1S/C31H40F3N7O6/c1-29(2,3)47-28(44)35-31-10-7-30(8-11-31,9-12-31)22-15-40(38-37-22)14-20-27(45-4)25(26(43)21(16-42)46-20)41-13-19(36-39-41)17-5-6-18(32)24(34)23(17)33/h5-6,13,15,20-21,25-27,42-43H,7-12,14,16H2,1-4H3,(H,35,44)/t20-,21-,25+,26+,27+,30?,31?/m1/s1. The summed E-state index contributed by atoms with van der Waals surface area (Å²) in [6, 6.07) is 0.887. The van der Waals surface area contributed by atoms with E-state index in [1.807, 2.05) is 27.0 Å². The van der Waals surface area contributed by atoms with E-state index in [0.717, 1.165) is 56.4 Å². The minimum Gasteiger partial charge on any atom is -0.444 e. The van der Waals surface area contributed by atoms with Crippen molar-refractivity contribution in [2.75, 3.05) is 13.7 Å². The summed E-state index contributed by atoms with van der Waals surface area (Å²) in [6.07, 6.45) is 3.72. The number of aliphatic hydroxyl groups excluding tert-OH is 2. The SMILES string of the molecule is CO[C@@H]1[C@@H](n2cc(-c3ccc(F)c(F)c3F)nn2)[C@@H](O)[C@@H](CO)O[C@@H]1Cn1cc(C23CCC(NC(=O)OC(C)(C)C)(CC2)CC3)nn1. The van der Waals surface area contributed by atoms with Gasteiger partial charge in [-0.25, -0.2) is 27.3 Å². The number of amides is 1. The summed E-state index contributed by atoms with van der Waals surface area (Å²) >= 11 is 0. The van der Waals surface area contributed by atoms with Gasteiger partial charge in [-0.05, 0) is 71.4 Å². The summed E-state index contributed by atoms with van der Waals surface area (Å²) in [6.45, 7) is 5.16. The van der Waals surface area contributed by atoms with Gasteiger partial charge in [0.1, 0.15) is 41.8 Å². The molecule has 13 nitrogen and oxygen atoms in total. The number of ether oxygens (including phenoxy) is 3. The van der Waals surface area contributed by atoms with E-state index in [1.54, 1.807) is 4.68 Å². The Balaban J connectivity index is 1.18. The lowest BCUT2D eigenvalue weighted by Gasteiger charge is -2.52. The van der Waals surface area contributed by atoms with Gasteiger partial charge in [0.05, 0.1) is 25.0 Å². The Morgan fingerprint density at radius 1 is 1.04 bits per heavy atom. The molecule has 0 spiro atoms. The Kier molecular flexibility index (Phi) is 8.82. The molecule has 1 amide bonds. The van der Waals surface area contributed by atoms with Crippen LogP contribution in [0.3, 0.4) is 0 Å². The van der Waals surface area contributed by atoms with Gasteiger partial charge >= 0.3 is 6.09 Å².